The number of hydrogen-bond donors (Lipinski definition) is 0. The summed E-state index contributed by atoms with van der Waals surface area (Å²) in [5, 5.41) is 0. The third kappa shape index (κ3) is 5.32. The van der Waals surface area contributed by atoms with Crippen molar-refractivity contribution in [1.82, 2.24) is 0 Å². The normalized spacial score (nSPS) is 7.43. The highest BCUT2D eigenvalue weighted by Crippen LogP contribution is 1.68. The Morgan fingerprint density at radius 3 is 2.71 bits per heavy atom. The molecule has 0 aromatic rings. The van der Waals surface area contributed by atoms with Crippen LogP contribution in [-0.2, 0) is 9.47 Å². The molecule has 0 fully saturated rings. The molecule has 0 spiro atoms. The predicted octanol–water partition coefficient (Wildman–Crippen LogP) is 0.240. The van der Waals surface area contributed by atoms with Gasteiger partial charge in [0.25, 0.3) is 0 Å². The summed E-state index contributed by atoms with van der Waals surface area (Å²) < 4.78 is 9.10. The van der Waals surface area contributed by atoms with E-state index in [4.69, 9.17) is 6.42 Å². The molecule has 2 heteroatoms. The van der Waals surface area contributed by atoms with Crippen LogP contribution in [0.1, 0.15) is 0 Å². The Kier molecular flexibility index (Phi) is 4.80. The second-order valence-corrected chi connectivity index (χ2v) is 0.959. The van der Waals surface area contributed by atoms with Gasteiger partial charge in [-0.1, -0.05) is 6.42 Å². The van der Waals surface area contributed by atoms with Gasteiger partial charge in [0.15, 0.2) is 0 Å². The van der Waals surface area contributed by atoms with Crippen molar-refractivity contribution >= 4 is 0 Å². The van der Waals surface area contributed by atoms with E-state index >= 15 is 0 Å². The van der Waals surface area contributed by atoms with Gasteiger partial charge in [-0.15, -0.1) is 0 Å². The van der Waals surface area contributed by atoms with E-state index in [1.807, 2.05) is 6.11 Å². The summed E-state index contributed by atoms with van der Waals surface area (Å²) in [7, 11) is 1.60. The first kappa shape index (κ1) is 6.32. The van der Waals surface area contributed by atoms with Crippen LogP contribution in [0.4, 0.5) is 0 Å². The van der Waals surface area contributed by atoms with Gasteiger partial charge in [-0.3, -0.25) is 0 Å². The fraction of sp³-hybridized carbons (Fsp3) is 0.600. The second kappa shape index (κ2) is 5.32. The van der Waals surface area contributed by atoms with Crippen molar-refractivity contribution in [1.29, 1.82) is 0 Å². The van der Waals surface area contributed by atoms with Crippen LogP contribution < -0.4 is 0 Å². The Morgan fingerprint density at radius 2 is 2.29 bits per heavy atom. The fourth-order valence-electron chi connectivity index (χ4n) is 0.184. The minimum atomic E-state index is 0.479. The van der Waals surface area contributed by atoms with Crippen molar-refractivity contribution in [2.75, 3.05) is 20.3 Å². The molecule has 7 heavy (non-hydrogen) atoms. The van der Waals surface area contributed by atoms with Gasteiger partial charge in [-0.25, -0.2) is 0 Å². The monoisotopic (exact) mass is 100 g/mol. The smallest absolute Gasteiger partial charge is 0.123 e. The Morgan fingerprint density at radius 1 is 1.57 bits per heavy atom. The maximum Gasteiger partial charge on any atom is 0.123 e. The van der Waals surface area contributed by atoms with Crippen LogP contribution in [0, 0.1) is 12.5 Å². The molecule has 0 saturated carbocycles. The molecule has 0 aliphatic carbocycles. The van der Waals surface area contributed by atoms with Crippen LogP contribution in [0.2, 0.25) is 0 Å². The molecule has 0 aliphatic heterocycles. The Hall–Kier alpha value is -0.680. The molecule has 0 aromatic carbocycles. The van der Waals surface area contributed by atoms with E-state index in [0.29, 0.717) is 13.2 Å². The maximum atomic E-state index is 4.74. The number of hydrogen-bond acceptors (Lipinski definition) is 2. The van der Waals surface area contributed by atoms with Crippen molar-refractivity contribution in [3.63, 3.8) is 0 Å². The summed E-state index contributed by atoms with van der Waals surface area (Å²) in [6, 6.07) is 0. The zero-order chi connectivity index (χ0) is 5.54. The van der Waals surface area contributed by atoms with Crippen LogP contribution in [0.5, 0.6) is 0 Å². The van der Waals surface area contributed by atoms with Crippen LogP contribution in [-0.4, -0.2) is 20.3 Å². The third-order valence-electron chi connectivity index (χ3n) is 0.473. The molecule has 0 aliphatic rings. The van der Waals surface area contributed by atoms with E-state index in [1.54, 1.807) is 7.11 Å². The Balaban J connectivity index is 2.60. The number of rotatable bonds is 3. The van der Waals surface area contributed by atoms with Crippen molar-refractivity contribution in [2.24, 2.45) is 0 Å². The molecule has 0 atom stereocenters. The van der Waals surface area contributed by atoms with Gasteiger partial charge < -0.3 is 9.47 Å². The topological polar surface area (TPSA) is 18.5 Å². The highest BCUT2D eigenvalue weighted by molar-refractivity contribution is 4.67. The first-order valence-electron chi connectivity index (χ1n) is 1.98. The lowest BCUT2D eigenvalue weighted by Crippen LogP contribution is -1.96. The quantitative estimate of drug-likeness (QED) is 0.373. The first-order valence-corrected chi connectivity index (χ1v) is 1.98. The van der Waals surface area contributed by atoms with Crippen LogP contribution in [0.25, 0.3) is 0 Å². The van der Waals surface area contributed by atoms with E-state index in [-0.39, 0.29) is 0 Å². The van der Waals surface area contributed by atoms with Gasteiger partial charge in [-0.05, 0) is 0 Å². The average Bonchev–Trinajstić information content (AvgIpc) is 1.69. The molecule has 0 saturated heterocycles. The summed E-state index contributed by atoms with van der Waals surface area (Å²) >= 11 is 0. The third-order valence-corrected chi connectivity index (χ3v) is 0.473. The highest BCUT2D eigenvalue weighted by Gasteiger charge is 1.76. The molecule has 0 aromatic heterocycles. The maximum absolute atomic E-state index is 4.74. The summed E-state index contributed by atoms with van der Waals surface area (Å²) in [6.45, 7) is 1.04. The lowest BCUT2D eigenvalue weighted by atomic mass is 10.8. The molecule has 0 rings (SSSR count). The molecule has 2 nitrogen and oxygen atoms in total. The molecular weight excluding hydrogens is 92.1 g/mol. The number of terminal acetylenes is 1. The van der Waals surface area contributed by atoms with Gasteiger partial charge in [0.1, 0.15) is 12.7 Å². The van der Waals surface area contributed by atoms with Crippen molar-refractivity contribution in [2.45, 2.75) is 0 Å². The molecule has 40 valence electrons. The van der Waals surface area contributed by atoms with Crippen LogP contribution in [0.15, 0.2) is 0 Å². The molecule has 0 radical (unpaired) electrons. The zero-order valence-electron chi connectivity index (χ0n) is 4.31. The largest absolute Gasteiger partial charge is 0.444 e. The molecule has 0 bridgehead atoms. The summed E-state index contributed by atoms with van der Waals surface area (Å²) in [6.07, 6.45) is 6.76. The van der Waals surface area contributed by atoms with Crippen molar-refractivity contribution < 1.29 is 9.47 Å². The Labute approximate surface area is 43.4 Å². The van der Waals surface area contributed by atoms with E-state index in [2.05, 4.69) is 9.47 Å². The Bertz CT molecular complexity index is 63.0. The molecular formula is C5H8O2. The fourth-order valence-corrected chi connectivity index (χ4v) is 0.184. The minimum absolute atomic E-state index is 0.479. The average molecular weight is 100 g/mol. The molecule has 0 heterocycles. The molecule has 0 unspecified atom stereocenters. The van der Waals surface area contributed by atoms with E-state index < -0.39 is 0 Å². The summed E-state index contributed by atoms with van der Waals surface area (Å²) in [5.41, 5.74) is 0. The summed E-state index contributed by atoms with van der Waals surface area (Å²) in [5.74, 6) is 0. The van der Waals surface area contributed by atoms with Gasteiger partial charge in [0.05, 0.1) is 6.61 Å². The van der Waals surface area contributed by atoms with Gasteiger partial charge >= 0.3 is 0 Å². The van der Waals surface area contributed by atoms with Crippen molar-refractivity contribution in [3.8, 4) is 12.5 Å². The highest BCUT2D eigenvalue weighted by atomic mass is 16.5. The van der Waals surface area contributed by atoms with Gasteiger partial charge in [0, 0.05) is 7.11 Å². The second-order valence-electron chi connectivity index (χ2n) is 0.959. The van der Waals surface area contributed by atoms with Crippen molar-refractivity contribution in [3.05, 3.63) is 0 Å². The van der Waals surface area contributed by atoms with Gasteiger partial charge in [0.2, 0.25) is 0 Å². The zero-order valence-corrected chi connectivity index (χ0v) is 4.31. The van der Waals surface area contributed by atoms with Crippen LogP contribution in [0.3, 0.4) is 0 Å². The lowest BCUT2D eigenvalue weighted by molar-refractivity contribution is 0.133. The molecule has 0 amide bonds. The van der Waals surface area contributed by atoms with Gasteiger partial charge in [-0.2, -0.15) is 0 Å². The summed E-state index contributed by atoms with van der Waals surface area (Å²) in [4.78, 5) is 0. The van der Waals surface area contributed by atoms with E-state index in [1.165, 1.54) is 0 Å². The first-order chi connectivity index (χ1) is 3.41. The number of methoxy groups -OCH3 is 1. The van der Waals surface area contributed by atoms with Crippen LogP contribution >= 0.6 is 0 Å². The lowest BCUT2D eigenvalue weighted by Gasteiger charge is -1.92. The minimum Gasteiger partial charge on any atom is -0.444 e. The van der Waals surface area contributed by atoms with E-state index in [9.17, 15) is 0 Å². The standard InChI is InChI=1S/C5H8O2/c1-3-7-5-4-6-2/h1H,4-5H2,2H3. The number of ether oxygens (including phenoxy) is 2. The van der Waals surface area contributed by atoms with E-state index in [0.717, 1.165) is 0 Å². The SMILES string of the molecule is C#COCCOC. The molecule has 0 N–H and O–H groups in total. The predicted molar refractivity (Wildman–Crippen MR) is 26.7 cm³/mol.